The standard InChI is InChI=1S/C9H14O/c1-5-6-9(4,10)7-8(2)3/h1,10H,2,6-7H2,3-4H3. The Morgan fingerprint density at radius 2 is 2.30 bits per heavy atom. The van der Waals surface area contributed by atoms with Crippen LogP contribution >= 0.6 is 0 Å². The fourth-order valence-corrected chi connectivity index (χ4v) is 0.932. The molecule has 0 aromatic rings. The average molecular weight is 138 g/mol. The molecule has 0 bridgehead atoms. The number of rotatable bonds is 3. The summed E-state index contributed by atoms with van der Waals surface area (Å²) >= 11 is 0. The highest BCUT2D eigenvalue weighted by Crippen LogP contribution is 2.17. The first-order chi connectivity index (χ1) is 4.48. The van der Waals surface area contributed by atoms with Crippen LogP contribution in [0.1, 0.15) is 26.7 Å². The summed E-state index contributed by atoms with van der Waals surface area (Å²) < 4.78 is 0. The predicted molar refractivity (Wildman–Crippen MR) is 43.5 cm³/mol. The topological polar surface area (TPSA) is 20.2 Å². The summed E-state index contributed by atoms with van der Waals surface area (Å²) in [5.74, 6) is 2.42. The van der Waals surface area contributed by atoms with Crippen molar-refractivity contribution >= 4 is 0 Å². The van der Waals surface area contributed by atoms with Gasteiger partial charge in [0.25, 0.3) is 0 Å². The van der Waals surface area contributed by atoms with Crippen molar-refractivity contribution in [3.8, 4) is 12.3 Å². The van der Waals surface area contributed by atoms with Gasteiger partial charge in [-0.2, -0.15) is 0 Å². The van der Waals surface area contributed by atoms with Gasteiger partial charge in [0.1, 0.15) is 0 Å². The van der Waals surface area contributed by atoms with Crippen LogP contribution in [0.3, 0.4) is 0 Å². The van der Waals surface area contributed by atoms with Gasteiger partial charge in [0.2, 0.25) is 0 Å². The maximum atomic E-state index is 9.48. The molecule has 1 atom stereocenters. The van der Waals surface area contributed by atoms with E-state index in [1.165, 1.54) is 0 Å². The smallest absolute Gasteiger partial charge is 0.0765 e. The van der Waals surface area contributed by atoms with Crippen LogP contribution in [0, 0.1) is 12.3 Å². The second-order valence-corrected chi connectivity index (χ2v) is 3.01. The van der Waals surface area contributed by atoms with Gasteiger partial charge in [-0.15, -0.1) is 18.9 Å². The zero-order chi connectivity index (χ0) is 8.20. The van der Waals surface area contributed by atoms with Gasteiger partial charge in [0, 0.05) is 6.42 Å². The Hall–Kier alpha value is -0.740. The van der Waals surface area contributed by atoms with E-state index in [1.807, 2.05) is 6.92 Å². The van der Waals surface area contributed by atoms with E-state index >= 15 is 0 Å². The van der Waals surface area contributed by atoms with E-state index in [2.05, 4.69) is 12.5 Å². The normalized spacial score (nSPS) is 15.4. The van der Waals surface area contributed by atoms with Crippen molar-refractivity contribution in [1.29, 1.82) is 0 Å². The summed E-state index contributed by atoms with van der Waals surface area (Å²) in [6.45, 7) is 7.30. The molecule has 0 aliphatic carbocycles. The Morgan fingerprint density at radius 1 is 1.80 bits per heavy atom. The van der Waals surface area contributed by atoms with E-state index in [-0.39, 0.29) is 0 Å². The van der Waals surface area contributed by atoms with Crippen molar-refractivity contribution in [3.63, 3.8) is 0 Å². The molecule has 0 heterocycles. The highest BCUT2D eigenvalue weighted by molar-refractivity contribution is 5.01. The van der Waals surface area contributed by atoms with Gasteiger partial charge in [-0.1, -0.05) is 5.57 Å². The van der Waals surface area contributed by atoms with Crippen LogP contribution in [-0.4, -0.2) is 10.7 Å². The van der Waals surface area contributed by atoms with Crippen molar-refractivity contribution in [2.24, 2.45) is 0 Å². The average Bonchev–Trinajstić information content (AvgIpc) is 1.59. The van der Waals surface area contributed by atoms with E-state index in [0.29, 0.717) is 12.8 Å². The SMILES string of the molecule is C#CCC(C)(O)CC(=C)C. The lowest BCUT2D eigenvalue weighted by Crippen LogP contribution is -2.23. The molecule has 0 rings (SSSR count). The Morgan fingerprint density at radius 3 is 2.60 bits per heavy atom. The zero-order valence-corrected chi connectivity index (χ0v) is 6.65. The summed E-state index contributed by atoms with van der Waals surface area (Å²) in [7, 11) is 0. The Labute approximate surface area is 62.8 Å². The summed E-state index contributed by atoms with van der Waals surface area (Å²) in [4.78, 5) is 0. The Bertz CT molecular complexity index is 160. The van der Waals surface area contributed by atoms with Gasteiger partial charge in [0.05, 0.1) is 5.60 Å². The van der Waals surface area contributed by atoms with Crippen LogP contribution in [0.2, 0.25) is 0 Å². The van der Waals surface area contributed by atoms with Crippen molar-refractivity contribution in [2.45, 2.75) is 32.3 Å². The highest BCUT2D eigenvalue weighted by Gasteiger charge is 2.17. The van der Waals surface area contributed by atoms with Crippen molar-refractivity contribution < 1.29 is 5.11 Å². The monoisotopic (exact) mass is 138 g/mol. The van der Waals surface area contributed by atoms with Crippen molar-refractivity contribution in [3.05, 3.63) is 12.2 Å². The fourth-order valence-electron chi connectivity index (χ4n) is 0.932. The lowest BCUT2D eigenvalue weighted by molar-refractivity contribution is 0.0661. The lowest BCUT2D eigenvalue weighted by atomic mass is 9.95. The number of terminal acetylenes is 1. The predicted octanol–water partition coefficient (Wildman–Crippen LogP) is 1.73. The van der Waals surface area contributed by atoms with Gasteiger partial charge < -0.3 is 5.11 Å². The molecule has 1 nitrogen and oxygen atoms in total. The summed E-state index contributed by atoms with van der Waals surface area (Å²) in [5, 5.41) is 9.48. The molecular weight excluding hydrogens is 124 g/mol. The maximum absolute atomic E-state index is 9.48. The van der Waals surface area contributed by atoms with Gasteiger partial charge in [-0.05, 0) is 20.3 Å². The molecule has 0 aliphatic heterocycles. The molecule has 1 unspecified atom stereocenters. The largest absolute Gasteiger partial charge is 0.389 e. The molecule has 0 aliphatic rings. The lowest BCUT2D eigenvalue weighted by Gasteiger charge is -2.19. The molecule has 0 aromatic heterocycles. The first-order valence-corrected chi connectivity index (χ1v) is 3.28. The molecule has 0 saturated heterocycles. The summed E-state index contributed by atoms with van der Waals surface area (Å²) in [5.41, 5.74) is 0.195. The van der Waals surface area contributed by atoms with Crippen LogP contribution in [0.4, 0.5) is 0 Å². The third kappa shape index (κ3) is 4.17. The molecular formula is C9H14O. The molecule has 1 heteroatoms. The molecule has 1 N–H and O–H groups in total. The second kappa shape index (κ2) is 3.43. The molecule has 10 heavy (non-hydrogen) atoms. The fraction of sp³-hybridized carbons (Fsp3) is 0.556. The van der Waals surface area contributed by atoms with Crippen LogP contribution in [0.5, 0.6) is 0 Å². The summed E-state index contributed by atoms with van der Waals surface area (Å²) in [6, 6.07) is 0. The maximum Gasteiger partial charge on any atom is 0.0765 e. The molecule has 0 spiro atoms. The first-order valence-electron chi connectivity index (χ1n) is 3.28. The molecule has 56 valence electrons. The van der Waals surface area contributed by atoms with Gasteiger partial charge in [-0.3, -0.25) is 0 Å². The summed E-state index contributed by atoms with van der Waals surface area (Å²) in [6.07, 6.45) is 6.02. The molecule has 0 amide bonds. The van der Waals surface area contributed by atoms with Crippen molar-refractivity contribution in [2.75, 3.05) is 0 Å². The number of hydrogen-bond acceptors (Lipinski definition) is 1. The highest BCUT2D eigenvalue weighted by atomic mass is 16.3. The number of aliphatic hydroxyl groups is 1. The van der Waals surface area contributed by atoms with E-state index < -0.39 is 5.60 Å². The Balaban J connectivity index is 3.89. The minimum absolute atomic E-state index is 0.389. The third-order valence-corrected chi connectivity index (χ3v) is 1.17. The minimum atomic E-state index is -0.763. The van der Waals surface area contributed by atoms with Crippen LogP contribution in [0.15, 0.2) is 12.2 Å². The van der Waals surface area contributed by atoms with E-state index in [9.17, 15) is 5.11 Å². The number of hydrogen-bond donors (Lipinski definition) is 1. The molecule has 0 fully saturated rings. The minimum Gasteiger partial charge on any atom is -0.389 e. The van der Waals surface area contributed by atoms with Gasteiger partial charge in [-0.25, -0.2) is 0 Å². The van der Waals surface area contributed by atoms with Crippen molar-refractivity contribution in [1.82, 2.24) is 0 Å². The second-order valence-electron chi connectivity index (χ2n) is 3.01. The van der Waals surface area contributed by atoms with Crippen LogP contribution in [-0.2, 0) is 0 Å². The Kier molecular flexibility index (Phi) is 3.18. The zero-order valence-electron chi connectivity index (χ0n) is 6.65. The van der Waals surface area contributed by atoms with E-state index in [1.54, 1.807) is 6.92 Å². The quantitative estimate of drug-likeness (QED) is 0.465. The van der Waals surface area contributed by atoms with Crippen LogP contribution in [0.25, 0.3) is 0 Å². The molecule has 0 radical (unpaired) electrons. The van der Waals surface area contributed by atoms with Crippen LogP contribution < -0.4 is 0 Å². The molecule has 0 saturated carbocycles. The van der Waals surface area contributed by atoms with E-state index in [0.717, 1.165) is 5.57 Å². The van der Waals surface area contributed by atoms with Gasteiger partial charge in [0.15, 0.2) is 0 Å². The first kappa shape index (κ1) is 9.26. The molecule has 0 aromatic carbocycles. The van der Waals surface area contributed by atoms with Gasteiger partial charge >= 0.3 is 0 Å². The third-order valence-electron chi connectivity index (χ3n) is 1.17. The van der Waals surface area contributed by atoms with E-state index in [4.69, 9.17) is 6.42 Å².